The van der Waals surface area contributed by atoms with E-state index in [-0.39, 0.29) is 0 Å². The minimum Gasteiger partial charge on any atom is -0.330 e. The zero-order valence-corrected chi connectivity index (χ0v) is 7.29. The van der Waals surface area contributed by atoms with Gasteiger partial charge in [-0.1, -0.05) is 0 Å². The monoisotopic (exact) mass is 154 g/mol. The zero-order chi connectivity index (χ0) is 7.84. The van der Waals surface area contributed by atoms with E-state index in [2.05, 4.69) is 11.9 Å². The van der Waals surface area contributed by atoms with Crippen LogP contribution in [0.4, 0.5) is 0 Å². The third-order valence-corrected chi connectivity index (χ3v) is 3.53. The maximum atomic E-state index is 5.68. The largest absolute Gasteiger partial charge is 0.330 e. The van der Waals surface area contributed by atoms with Gasteiger partial charge in [0.15, 0.2) is 0 Å². The fourth-order valence-electron chi connectivity index (χ4n) is 2.72. The molecule has 0 aromatic carbocycles. The van der Waals surface area contributed by atoms with Crippen molar-refractivity contribution in [2.75, 3.05) is 13.6 Å². The first kappa shape index (κ1) is 7.56. The fourth-order valence-corrected chi connectivity index (χ4v) is 2.72. The van der Waals surface area contributed by atoms with E-state index in [4.69, 9.17) is 5.73 Å². The molecule has 2 nitrogen and oxygen atoms in total. The second-order valence-electron chi connectivity index (χ2n) is 4.12. The summed E-state index contributed by atoms with van der Waals surface area (Å²) in [6.45, 7) is 0.904. The second-order valence-corrected chi connectivity index (χ2v) is 4.12. The van der Waals surface area contributed by atoms with Gasteiger partial charge >= 0.3 is 0 Å². The Hall–Kier alpha value is -0.0800. The molecule has 0 radical (unpaired) electrons. The number of nitrogens with two attached hydrogens (primary N) is 1. The van der Waals surface area contributed by atoms with Crippen LogP contribution in [0.3, 0.4) is 0 Å². The summed E-state index contributed by atoms with van der Waals surface area (Å²) < 4.78 is 0. The summed E-state index contributed by atoms with van der Waals surface area (Å²) >= 11 is 0. The summed E-state index contributed by atoms with van der Waals surface area (Å²) in [7, 11) is 2.27. The van der Waals surface area contributed by atoms with Gasteiger partial charge in [0.1, 0.15) is 0 Å². The van der Waals surface area contributed by atoms with Crippen LogP contribution in [0.5, 0.6) is 0 Å². The van der Waals surface area contributed by atoms with E-state index in [0.29, 0.717) is 0 Å². The Kier molecular flexibility index (Phi) is 1.90. The van der Waals surface area contributed by atoms with Crippen LogP contribution in [0.15, 0.2) is 0 Å². The molecule has 2 aliphatic rings. The Bertz CT molecular complexity index is 132. The minimum atomic E-state index is 0.823. The van der Waals surface area contributed by atoms with Crippen LogP contribution in [0.25, 0.3) is 0 Å². The summed E-state index contributed by atoms with van der Waals surface area (Å²) in [5, 5.41) is 0. The predicted molar refractivity (Wildman–Crippen MR) is 46.4 cm³/mol. The number of hydrogen-bond acceptors (Lipinski definition) is 2. The van der Waals surface area contributed by atoms with Gasteiger partial charge in [-0.15, -0.1) is 0 Å². The van der Waals surface area contributed by atoms with Crippen LogP contribution >= 0.6 is 0 Å². The van der Waals surface area contributed by atoms with Gasteiger partial charge < -0.3 is 10.6 Å². The predicted octanol–water partition coefficient (Wildman–Crippen LogP) is 0.818. The molecule has 2 aliphatic heterocycles. The molecule has 2 saturated heterocycles. The summed E-state index contributed by atoms with van der Waals surface area (Å²) in [6.07, 6.45) is 5.53. The first-order chi connectivity index (χ1) is 5.31. The van der Waals surface area contributed by atoms with E-state index in [9.17, 15) is 0 Å². The number of rotatable bonds is 1. The first-order valence-corrected chi connectivity index (χ1v) is 4.73. The van der Waals surface area contributed by atoms with Crippen LogP contribution in [-0.2, 0) is 0 Å². The molecule has 0 unspecified atom stereocenters. The summed E-state index contributed by atoms with van der Waals surface area (Å²) in [6, 6.07) is 1.73. The quantitative estimate of drug-likeness (QED) is 0.606. The van der Waals surface area contributed by atoms with Crippen LogP contribution in [0.2, 0.25) is 0 Å². The number of fused-ring (bicyclic) bond motifs is 2. The van der Waals surface area contributed by atoms with E-state index in [1.165, 1.54) is 25.7 Å². The SMILES string of the molecule is CN1[C@@H]2CC[C@@H]1CC(CN)C2. The maximum Gasteiger partial charge on any atom is 0.00988 e. The molecular formula is C9H18N2. The van der Waals surface area contributed by atoms with Gasteiger partial charge in [0.05, 0.1) is 0 Å². The van der Waals surface area contributed by atoms with Crippen LogP contribution < -0.4 is 5.73 Å². The summed E-state index contributed by atoms with van der Waals surface area (Å²) in [4.78, 5) is 2.56. The standard InChI is InChI=1S/C9H18N2/c1-11-8-2-3-9(11)5-7(4-8)6-10/h7-9H,2-6,10H2,1H3/t8-,9-/m1/s1. The average Bonchev–Trinajstić information content (AvgIpc) is 2.26. The Labute approximate surface area is 68.7 Å². The van der Waals surface area contributed by atoms with Crippen molar-refractivity contribution < 1.29 is 0 Å². The molecule has 2 fully saturated rings. The Balaban J connectivity index is 2.02. The molecule has 2 N–H and O–H groups in total. The van der Waals surface area contributed by atoms with Crippen LogP contribution in [0.1, 0.15) is 25.7 Å². The molecule has 64 valence electrons. The zero-order valence-electron chi connectivity index (χ0n) is 7.29. The number of nitrogens with zero attached hydrogens (tertiary/aromatic N) is 1. The highest BCUT2D eigenvalue weighted by atomic mass is 15.2. The third kappa shape index (κ3) is 1.18. The lowest BCUT2D eigenvalue weighted by atomic mass is 9.91. The highest BCUT2D eigenvalue weighted by Gasteiger charge is 2.37. The molecule has 0 aromatic heterocycles. The Morgan fingerprint density at radius 3 is 2.27 bits per heavy atom. The van der Waals surface area contributed by atoms with Crippen molar-refractivity contribution in [3.8, 4) is 0 Å². The third-order valence-electron chi connectivity index (χ3n) is 3.53. The molecule has 2 heteroatoms. The highest BCUT2D eigenvalue weighted by molar-refractivity contribution is 4.93. The lowest BCUT2D eigenvalue weighted by molar-refractivity contribution is 0.137. The maximum absolute atomic E-state index is 5.68. The molecular weight excluding hydrogens is 136 g/mol. The van der Waals surface area contributed by atoms with Crippen molar-refractivity contribution in [3.63, 3.8) is 0 Å². The molecule has 0 spiro atoms. The highest BCUT2D eigenvalue weighted by Crippen LogP contribution is 2.36. The molecule has 2 bridgehead atoms. The van der Waals surface area contributed by atoms with Gasteiger partial charge in [-0.3, -0.25) is 0 Å². The molecule has 2 heterocycles. The van der Waals surface area contributed by atoms with Gasteiger partial charge in [-0.25, -0.2) is 0 Å². The summed E-state index contributed by atoms with van der Waals surface area (Å²) in [5.74, 6) is 0.823. The minimum absolute atomic E-state index is 0.823. The molecule has 0 aliphatic carbocycles. The Morgan fingerprint density at radius 1 is 1.27 bits per heavy atom. The van der Waals surface area contributed by atoms with Crippen molar-refractivity contribution in [2.45, 2.75) is 37.8 Å². The number of hydrogen-bond donors (Lipinski definition) is 1. The molecule has 0 aromatic rings. The van der Waals surface area contributed by atoms with Gasteiger partial charge in [-0.05, 0) is 45.2 Å². The average molecular weight is 154 g/mol. The van der Waals surface area contributed by atoms with Crippen molar-refractivity contribution in [2.24, 2.45) is 11.7 Å². The lowest BCUT2D eigenvalue weighted by Gasteiger charge is -2.35. The smallest absolute Gasteiger partial charge is 0.00988 e. The van der Waals surface area contributed by atoms with E-state index in [1.54, 1.807) is 0 Å². The normalized spacial score (nSPS) is 44.7. The van der Waals surface area contributed by atoms with Gasteiger partial charge in [0, 0.05) is 12.1 Å². The van der Waals surface area contributed by atoms with E-state index < -0.39 is 0 Å². The van der Waals surface area contributed by atoms with E-state index in [1.807, 2.05) is 0 Å². The first-order valence-electron chi connectivity index (χ1n) is 4.73. The van der Waals surface area contributed by atoms with E-state index >= 15 is 0 Å². The van der Waals surface area contributed by atoms with Gasteiger partial charge in [0.2, 0.25) is 0 Å². The topological polar surface area (TPSA) is 29.3 Å². The van der Waals surface area contributed by atoms with Gasteiger partial charge in [-0.2, -0.15) is 0 Å². The van der Waals surface area contributed by atoms with Gasteiger partial charge in [0.25, 0.3) is 0 Å². The molecule has 2 rings (SSSR count). The fraction of sp³-hybridized carbons (Fsp3) is 1.00. The Morgan fingerprint density at radius 2 is 1.82 bits per heavy atom. The van der Waals surface area contributed by atoms with Crippen LogP contribution in [-0.4, -0.2) is 30.6 Å². The van der Waals surface area contributed by atoms with Crippen molar-refractivity contribution in [1.82, 2.24) is 4.90 Å². The number of piperidine rings is 1. The lowest BCUT2D eigenvalue weighted by Crippen LogP contribution is -2.41. The van der Waals surface area contributed by atoms with Crippen molar-refractivity contribution in [1.29, 1.82) is 0 Å². The molecule has 11 heavy (non-hydrogen) atoms. The second kappa shape index (κ2) is 2.76. The van der Waals surface area contributed by atoms with E-state index in [0.717, 1.165) is 24.5 Å². The van der Waals surface area contributed by atoms with Crippen LogP contribution in [0, 0.1) is 5.92 Å². The molecule has 2 atom stereocenters. The molecule has 0 amide bonds. The van der Waals surface area contributed by atoms with Crippen molar-refractivity contribution >= 4 is 0 Å². The van der Waals surface area contributed by atoms with Crippen molar-refractivity contribution in [3.05, 3.63) is 0 Å². The molecule has 0 saturated carbocycles. The summed E-state index contributed by atoms with van der Waals surface area (Å²) in [5.41, 5.74) is 5.68.